The number of hydrogen-bond acceptors (Lipinski definition) is 3. The summed E-state index contributed by atoms with van der Waals surface area (Å²) < 4.78 is 5.31. The zero-order chi connectivity index (χ0) is 13.9. The highest BCUT2D eigenvalue weighted by atomic mass is 16.5. The predicted octanol–water partition coefficient (Wildman–Crippen LogP) is 2.54. The number of rotatable bonds is 4. The van der Waals surface area contributed by atoms with E-state index in [0.29, 0.717) is 0 Å². The molecule has 1 aromatic rings. The van der Waals surface area contributed by atoms with Crippen molar-refractivity contribution in [3.05, 3.63) is 29.3 Å². The molecule has 0 radical (unpaired) electrons. The van der Waals surface area contributed by atoms with Crippen molar-refractivity contribution in [2.45, 2.75) is 38.8 Å². The third kappa shape index (κ3) is 2.99. The molecule has 110 valence electrons. The Balaban J connectivity index is 1.55. The molecule has 1 aromatic carbocycles. The smallest absolute Gasteiger partial charge is 0.119 e. The SMILES string of the molecule is COc1ccc2c(c1)CCN(CCN1CCC[C@H]1C)C2. The Labute approximate surface area is 122 Å². The lowest BCUT2D eigenvalue weighted by molar-refractivity contribution is 0.189. The summed E-state index contributed by atoms with van der Waals surface area (Å²) in [7, 11) is 1.74. The van der Waals surface area contributed by atoms with E-state index < -0.39 is 0 Å². The largest absolute Gasteiger partial charge is 0.497 e. The highest BCUT2D eigenvalue weighted by Crippen LogP contribution is 2.24. The Morgan fingerprint density at radius 2 is 2.10 bits per heavy atom. The molecular formula is C17H26N2O. The first kappa shape index (κ1) is 13.9. The summed E-state index contributed by atoms with van der Waals surface area (Å²) in [6.45, 7) is 8.37. The summed E-state index contributed by atoms with van der Waals surface area (Å²) in [4.78, 5) is 5.24. The zero-order valence-electron chi connectivity index (χ0n) is 12.8. The molecule has 0 N–H and O–H groups in total. The number of methoxy groups -OCH3 is 1. The highest BCUT2D eigenvalue weighted by Gasteiger charge is 2.22. The number of nitrogens with zero attached hydrogens (tertiary/aromatic N) is 2. The van der Waals surface area contributed by atoms with Crippen molar-refractivity contribution in [3.8, 4) is 5.75 Å². The van der Waals surface area contributed by atoms with Crippen LogP contribution in [0.1, 0.15) is 30.9 Å². The first-order chi connectivity index (χ1) is 9.76. The average molecular weight is 274 g/mol. The van der Waals surface area contributed by atoms with E-state index in [1.54, 1.807) is 7.11 Å². The minimum atomic E-state index is 0.788. The third-order valence-electron chi connectivity index (χ3n) is 4.90. The van der Waals surface area contributed by atoms with Gasteiger partial charge in [0.25, 0.3) is 0 Å². The summed E-state index contributed by atoms with van der Waals surface area (Å²) in [5.41, 5.74) is 2.95. The topological polar surface area (TPSA) is 15.7 Å². The van der Waals surface area contributed by atoms with Crippen molar-refractivity contribution in [2.75, 3.05) is 33.3 Å². The molecule has 0 bridgehead atoms. The summed E-state index contributed by atoms with van der Waals surface area (Å²) >= 11 is 0. The van der Waals surface area contributed by atoms with Gasteiger partial charge in [-0.05, 0) is 56.0 Å². The Kier molecular flexibility index (Phi) is 4.27. The van der Waals surface area contributed by atoms with Crippen LogP contribution in [0.25, 0.3) is 0 Å². The first-order valence-corrected chi connectivity index (χ1v) is 7.88. The number of benzene rings is 1. The summed E-state index contributed by atoms with van der Waals surface area (Å²) in [6, 6.07) is 7.31. The van der Waals surface area contributed by atoms with Gasteiger partial charge in [-0.1, -0.05) is 6.07 Å². The molecule has 1 atom stereocenters. The number of hydrogen-bond donors (Lipinski definition) is 0. The Bertz CT molecular complexity index is 460. The quantitative estimate of drug-likeness (QED) is 0.839. The molecule has 3 rings (SSSR count). The first-order valence-electron chi connectivity index (χ1n) is 7.88. The molecule has 3 heteroatoms. The van der Waals surface area contributed by atoms with Gasteiger partial charge in [-0.2, -0.15) is 0 Å². The second-order valence-corrected chi connectivity index (χ2v) is 6.19. The fraction of sp³-hybridized carbons (Fsp3) is 0.647. The van der Waals surface area contributed by atoms with Crippen LogP contribution >= 0.6 is 0 Å². The predicted molar refractivity (Wildman–Crippen MR) is 82.2 cm³/mol. The Morgan fingerprint density at radius 3 is 2.85 bits per heavy atom. The van der Waals surface area contributed by atoms with Gasteiger partial charge < -0.3 is 4.74 Å². The van der Waals surface area contributed by atoms with Gasteiger partial charge >= 0.3 is 0 Å². The van der Waals surface area contributed by atoms with Crippen molar-refractivity contribution < 1.29 is 4.74 Å². The van der Waals surface area contributed by atoms with Crippen LogP contribution in [0.4, 0.5) is 0 Å². The molecule has 0 aromatic heterocycles. The van der Waals surface area contributed by atoms with Gasteiger partial charge in [-0.15, -0.1) is 0 Å². The maximum atomic E-state index is 5.31. The standard InChI is InChI=1S/C17H26N2O/c1-14-4-3-8-19(14)11-10-18-9-7-15-12-17(20-2)6-5-16(15)13-18/h5-6,12,14H,3-4,7-11,13H2,1-2H3/t14-/m1/s1. The normalized spacial score (nSPS) is 23.8. The molecule has 0 aliphatic carbocycles. The van der Waals surface area contributed by atoms with E-state index in [0.717, 1.165) is 24.8 Å². The maximum Gasteiger partial charge on any atom is 0.119 e. The number of likely N-dealkylation sites (tertiary alicyclic amines) is 1. The van der Waals surface area contributed by atoms with Gasteiger partial charge in [-0.25, -0.2) is 0 Å². The van der Waals surface area contributed by atoms with Crippen LogP contribution in [0.3, 0.4) is 0 Å². The van der Waals surface area contributed by atoms with Gasteiger partial charge in [0.05, 0.1) is 7.11 Å². The molecule has 1 saturated heterocycles. The second-order valence-electron chi connectivity index (χ2n) is 6.19. The monoisotopic (exact) mass is 274 g/mol. The Hall–Kier alpha value is -1.06. The van der Waals surface area contributed by atoms with E-state index in [1.165, 1.54) is 50.1 Å². The van der Waals surface area contributed by atoms with E-state index >= 15 is 0 Å². The third-order valence-corrected chi connectivity index (χ3v) is 4.90. The molecule has 0 saturated carbocycles. The summed E-state index contributed by atoms with van der Waals surface area (Å²) in [5, 5.41) is 0. The lowest BCUT2D eigenvalue weighted by Crippen LogP contribution is -2.39. The van der Waals surface area contributed by atoms with E-state index in [9.17, 15) is 0 Å². The highest BCUT2D eigenvalue weighted by molar-refractivity contribution is 5.37. The van der Waals surface area contributed by atoms with Gasteiger partial charge in [-0.3, -0.25) is 9.80 Å². The van der Waals surface area contributed by atoms with E-state index in [2.05, 4.69) is 34.9 Å². The second kappa shape index (κ2) is 6.15. The van der Waals surface area contributed by atoms with Crippen LogP contribution in [-0.2, 0) is 13.0 Å². The van der Waals surface area contributed by atoms with Crippen LogP contribution < -0.4 is 4.74 Å². The van der Waals surface area contributed by atoms with Crippen LogP contribution in [0.5, 0.6) is 5.75 Å². The molecule has 0 spiro atoms. The average Bonchev–Trinajstić information content (AvgIpc) is 2.89. The summed E-state index contributed by atoms with van der Waals surface area (Å²) in [5.74, 6) is 0.989. The molecule has 20 heavy (non-hydrogen) atoms. The van der Waals surface area contributed by atoms with Crippen LogP contribution in [0.15, 0.2) is 18.2 Å². The van der Waals surface area contributed by atoms with E-state index in [-0.39, 0.29) is 0 Å². The van der Waals surface area contributed by atoms with Crippen LogP contribution in [-0.4, -0.2) is 49.1 Å². The van der Waals surface area contributed by atoms with Crippen molar-refractivity contribution in [1.82, 2.24) is 9.80 Å². The lowest BCUT2D eigenvalue weighted by Gasteiger charge is -2.31. The van der Waals surface area contributed by atoms with Crippen molar-refractivity contribution in [3.63, 3.8) is 0 Å². The Morgan fingerprint density at radius 1 is 1.20 bits per heavy atom. The molecule has 2 aliphatic heterocycles. The van der Waals surface area contributed by atoms with E-state index in [1.807, 2.05) is 0 Å². The molecule has 2 heterocycles. The van der Waals surface area contributed by atoms with Crippen LogP contribution in [0.2, 0.25) is 0 Å². The van der Waals surface area contributed by atoms with Crippen LogP contribution in [0, 0.1) is 0 Å². The minimum absolute atomic E-state index is 0.788. The summed E-state index contributed by atoms with van der Waals surface area (Å²) in [6.07, 6.45) is 3.91. The molecule has 2 aliphatic rings. The molecule has 0 amide bonds. The minimum Gasteiger partial charge on any atom is -0.497 e. The zero-order valence-corrected chi connectivity index (χ0v) is 12.8. The molecule has 1 fully saturated rings. The van der Waals surface area contributed by atoms with Crippen molar-refractivity contribution in [1.29, 1.82) is 0 Å². The molecule has 3 nitrogen and oxygen atoms in total. The molecule has 0 unspecified atom stereocenters. The molecular weight excluding hydrogens is 248 g/mol. The maximum absolute atomic E-state index is 5.31. The number of ether oxygens (including phenoxy) is 1. The lowest BCUT2D eigenvalue weighted by atomic mass is 9.99. The van der Waals surface area contributed by atoms with E-state index in [4.69, 9.17) is 4.74 Å². The van der Waals surface area contributed by atoms with Crippen molar-refractivity contribution in [2.24, 2.45) is 0 Å². The number of fused-ring (bicyclic) bond motifs is 1. The van der Waals surface area contributed by atoms with Crippen molar-refractivity contribution >= 4 is 0 Å². The van der Waals surface area contributed by atoms with Gasteiger partial charge in [0.1, 0.15) is 5.75 Å². The fourth-order valence-electron chi connectivity index (χ4n) is 3.50. The van der Waals surface area contributed by atoms with Gasteiger partial charge in [0, 0.05) is 32.2 Å². The van der Waals surface area contributed by atoms with Gasteiger partial charge in [0.2, 0.25) is 0 Å². The van der Waals surface area contributed by atoms with Gasteiger partial charge in [0.15, 0.2) is 0 Å². The fourth-order valence-corrected chi connectivity index (χ4v) is 3.50.